The van der Waals surface area contributed by atoms with E-state index in [1.807, 2.05) is 13.8 Å². The van der Waals surface area contributed by atoms with Crippen molar-refractivity contribution in [2.24, 2.45) is 13.0 Å². The number of imidazole rings is 1. The molecule has 1 aliphatic rings. The monoisotopic (exact) mass is 473 g/mol. The highest BCUT2D eigenvalue weighted by atomic mass is 35.5. The predicted molar refractivity (Wildman–Crippen MR) is 117 cm³/mol. The molecule has 2 heterocycles. The van der Waals surface area contributed by atoms with E-state index in [0.29, 0.717) is 23.5 Å². The summed E-state index contributed by atoms with van der Waals surface area (Å²) in [6, 6.07) is 0.391. The molecule has 178 valence electrons. The van der Waals surface area contributed by atoms with E-state index in [9.17, 15) is 13.6 Å². The number of ketones is 1. The molecule has 10 heteroatoms. The van der Waals surface area contributed by atoms with Gasteiger partial charge in [0.2, 0.25) is 5.88 Å². The molecular weight excluding hydrogens is 444 g/mol. The minimum absolute atomic E-state index is 0.0170. The van der Waals surface area contributed by atoms with Gasteiger partial charge in [-0.2, -0.15) is 4.98 Å². The Bertz CT molecular complexity index is 932. The zero-order valence-electron chi connectivity index (χ0n) is 18.8. The number of Topliss-reactive ketones (excluding diaryl/α,β-unsaturated/α-hetero) is 1. The molecule has 2 aromatic heterocycles. The van der Waals surface area contributed by atoms with Crippen LogP contribution >= 0.6 is 11.6 Å². The Morgan fingerprint density at radius 3 is 2.53 bits per heavy atom. The average molecular weight is 474 g/mol. The van der Waals surface area contributed by atoms with E-state index in [1.54, 1.807) is 18.5 Å². The molecule has 0 bridgehead atoms. The maximum Gasteiger partial charge on any atom is 0.297 e. The van der Waals surface area contributed by atoms with Gasteiger partial charge in [-0.05, 0) is 45.4 Å². The van der Waals surface area contributed by atoms with E-state index in [-0.39, 0.29) is 40.9 Å². The first-order valence-corrected chi connectivity index (χ1v) is 11.3. The lowest BCUT2D eigenvalue weighted by Crippen LogP contribution is -2.33. The lowest BCUT2D eigenvalue weighted by Gasteiger charge is -2.32. The van der Waals surface area contributed by atoms with Crippen LogP contribution in [-0.2, 0) is 16.6 Å². The third-order valence-electron chi connectivity index (χ3n) is 5.84. The van der Waals surface area contributed by atoms with E-state index < -0.39 is 13.0 Å². The molecule has 3 rings (SSSR count). The smallest absolute Gasteiger partial charge is 0.297 e. The molecular formula is C22H30ClF2N3O4. The SMILES string of the molecule is CC(=O)C[C@@H](C)[C@H](C)OC1CCC(Oc2nc3cnc(OCC(F)F)c(Cl)c3n2C)CC1. The molecule has 0 amide bonds. The number of hydrogen-bond donors (Lipinski definition) is 0. The summed E-state index contributed by atoms with van der Waals surface area (Å²) in [5.74, 6) is 0.310. The first kappa shape index (κ1) is 24.6. The molecule has 2 atom stereocenters. The van der Waals surface area contributed by atoms with Crippen molar-refractivity contribution >= 4 is 28.4 Å². The number of pyridine rings is 1. The normalized spacial score (nSPS) is 21.0. The van der Waals surface area contributed by atoms with Crippen LogP contribution in [0, 0.1) is 5.92 Å². The molecule has 0 radical (unpaired) electrons. The quantitative estimate of drug-likeness (QED) is 0.484. The fourth-order valence-corrected chi connectivity index (χ4v) is 4.29. The van der Waals surface area contributed by atoms with Gasteiger partial charge in [-0.3, -0.25) is 4.57 Å². The number of ether oxygens (including phenoxy) is 3. The van der Waals surface area contributed by atoms with Crippen LogP contribution in [-0.4, -0.2) is 51.7 Å². The van der Waals surface area contributed by atoms with Gasteiger partial charge in [0.15, 0.2) is 6.61 Å². The molecule has 0 N–H and O–H groups in total. The third kappa shape index (κ3) is 6.07. The zero-order chi connectivity index (χ0) is 23.4. The minimum Gasteiger partial charge on any atom is -0.470 e. The van der Waals surface area contributed by atoms with E-state index in [4.69, 9.17) is 25.8 Å². The number of hydrogen-bond acceptors (Lipinski definition) is 6. The van der Waals surface area contributed by atoms with Crippen molar-refractivity contribution in [1.29, 1.82) is 0 Å². The Balaban J connectivity index is 1.59. The highest BCUT2D eigenvalue weighted by Gasteiger charge is 2.27. The van der Waals surface area contributed by atoms with E-state index in [1.165, 1.54) is 6.20 Å². The second kappa shape index (κ2) is 10.7. The van der Waals surface area contributed by atoms with Crippen molar-refractivity contribution in [2.75, 3.05) is 6.61 Å². The standard InChI is InChI=1S/C22H30ClF2N3O4/c1-12(9-13(2)29)14(3)31-15-5-7-16(8-6-15)32-22-27-17-10-26-21(30-11-18(24)25)19(23)20(17)28(22)4/h10,12,14-16,18H,5-9,11H2,1-4H3/t12-,14+,15?,16?/m1/s1. The second-order valence-electron chi connectivity index (χ2n) is 8.51. The molecule has 2 aromatic rings. The van der Waals surface area contributed by atoms with Crippen LogP contribution in [0.1, 0.15) is 52.9 Å². The number of halogens is 3. The molecule has 0 aliphatic heterocycles. The van der Waals surface area contributed by atoms with Crippen LogP contribution in [0.2, 0.25) is 5.02 Å². The van der Waals surface area contributed by atoms with Gasteiger partial charge in [-0.1, -0.05) is 18.5 Å². The van der Waals surface area contributed by atoms with Gasteiger partial charge in [-0.15, -0.1) is 0 Å². The summed E-state index contributed by atoms with van der Waals surface area (Å²) in [5, 5.41) is 0.124. The molecule has 1 fully saturated rings. The molecule has 1 saturated carbocycles. The molecule has 1 aliphatic carbocycles. The summed E-state index contributed by atoms with van der Waals surface area (Å²) >= 11 is 6.32. The molecule has 7 nitrogen and oxygen atoms in total. The number of nitrogens with zero attached hydrogens (tertiary/aromatic N) is 3. The van der Waals surface area contributed by atoms with Gasteiger partial charge < -0.3 is 19.0 Å². The molecule has 0 saturated heterocycles. The van der Waals surface area contributed by atoms with Gasteiger partial charge in [0.25, 0.3) is 12.4 Å². The number of alkyl halides is 2. The number of aryl methyl sites for hydroxylation is 1. The third-order valence-corrected chi connectivity index (χ3v) is 6.18. The van der Waals surface area contributed by atoms with Gasteiger partial charge in [0.1, 0.15) is 22.4 Å². The van der Waals surface area contributed by atoms with Crippen molar-refractivity contribution in [1.82, 2.24) is 14.5 Å². The fraction of sp³-hybridized carbons (Fsp3) is 0.682. The van der Waals surface area contributed by atoms with Gasteiger partial charge in [0, 0.05) is 13.5 Å². The summed E-state index contributed by atoms with van der Waals surface area (Å²) in [4.78, 5) is 19.8. The Kier molecular flexibility index (Phi) is 8.27. The Hall–Kier alpha value is -2.00. The maximum absolute atomic E-state index is 12.4. The molecule has 0 spiro atoms. The van der Waals surface area contributed by atoms with Crippen molar-refractivity contribution in [3.63, 3.8) is 0 Å². The summed E-state index contributed by atoms with van der Waals surface area (Å²) in [5.41, 5.74) is 1.02. The summed E-state index contributed by atoms with van der Waals surface area (Å²) < 4.78 is 43.9. The lowest BCUT2D eigenvalue weighted by atomic mass is 9.94. The van der Waals surface area contributed by atoms with Gasteiger partial charge >= 0.3 is 0 Å². The molecule has 0 aromatic carbocycles. The van der Waals surface area contributed by atoms with Crippen LogP contribution in [0.5, 0.6) is 11.9 Å². The van der Waals surface area contributed by atoms with Crippen LogP contribution in [0.15, 0.2) is 6.20 Å². The first-order chi connectivity index (χ1) is 15.2. The highest BCUT2D eigenvalue weighted by molar-refractivity contribution is 6.36. The first-order valence-electron chi connectivity index (χ1n) is 10.9. The number of rotatable bonds is 10. The number of carbonyl (C=O) groups excluding carboxylic acids is 1. The molecule has 32 heavy (non-hydrogen) atoms. The number of carbonyl (C=O) groups is 1. The summed E-state index contributed by atoms with van der Waals surface area (Å²) in [7, 11) is 1.75. The fourth-order valence-electron chi connectivity index (χ4n) is 3.97. The maximum atomic E-state index is 12.4. The number of fused-ring (bicyclic) bond motifs is 1. The minimum atomic E-state index is -2.62. The van der Waals surface area contributed by atoms with Crippen molar-refractivity contribution in [3.8, 4) is 11.9 Å². The topological polar surface area (TPSA) is 75.5 Å². The van der Waals surface area contributed by atoms with Gasteiger partial charge in [-0.25, -0.2) is 13.8 Å². The van der Waals surface area contributed by atoms with Crippen LogP contribution in [0.25, 0.3) is 11.0 Å². The summed E-state index contributed by atoms with van der Waals surface area (Å²) in [6.45, 7) is 4.88. The highest BCUT2D eigenvalue weighted by Crippen LogP contribution is 2.34. The largest absolute Gasteiger partial charge is 0.470 e. The lowest BCUT2D eigenvalue weighted by molar-refractivity contribution is -0.120. The van der Waals surface area contributed by atoms with Crippen LogP contribution in [0.3, 0.4) is 0 Å². The van der Waals surface area contributed by atoms with E-state index >= 15 is 0 Å². The average Bonchev–Trinajstić information content (AvgIpc) is 3.04. The van der Waals surface area contributed by atoms with Crippen molar-refractivity contribution in [2.45, 2.75) is 77.6 Å². The Morgan fingerprint density at radius 2 is 1.91 bits per heavy atom. The number of aromatic nitrogens is 3. The van der Waals surface area contributed by atoms with Crippen LogP contribution < -0.4 is 9.47 Å². The van der Waals surface area contributed by atoms with Crippen molar-refractivity contribution in [3.05, 3.63) is 11.2 Å². The van der Waals surface area contributed by atoms with Gasteiger partial charge in [0.05, 0.1) is 23.9 Å². The summed E-state index contributed by atoms with van der Waals surface area (Å²) in [6.07, 6.45) is 2.85. The second-order valence-corrected chi connectivity index (χ2v) is 8.89. The van der Waals surface area contributed by atoms with Crippen molar-refractivity contribution < 1.29 is 27.8 Å². The van der Waals surface area contributed by atoms with Crippen LogP contribution in [0.4, 0.5) is 8.78 Å². The van der Waals surface area contributed by atoms with E-state index in [2.05, 4.69) is 9.97 Å². The Labute approximate surface area is 191 Å². The molecule has 0 unspecified atom stereocenters. The zero-order valence-corrected chi connectivity index (χ0v) is 19.6. The predicted octanol–water partition coefficient (Wildman–Crippen LogP) is 4.98. The Morgan fingerprint density at radius 1 is 1.25 bits per heavy atom. The van der Waals surface area contributed by atoms with E-state index in [0.717, 1.165) is 25.7 Å².